The number of hydrogen-bond acceptors (Lipinski definition) is 1. The van der Waals surface area contributed by atoms with Crippen LogP contribution in [-0.4, -0.2) is 11.0 Å². The van der Waals surface area contributed by atoms with Crippen LogP contribution in [0, 0.1) is 0 Å². The monoisotopic (exact) mass is 602 g/mol. The van der Waals surface area contributed by atoms with Gasteiger partial charge in [0.15, 0.2) is 0 Å². The van der Waals surface area contributed by atoms with Crippen LogP contribution in [0.4, 0.5) is 11.4 Å². The fourth-order valence-corrected chi connectivity index (χ4v) is 8.57. The van der Waals surface area contributed by atoms with E-state index in [0.717, 1.165) is 0 Å². The number of H-pyrrole nitrogens is 1. The Morgan fingerprint density at radius 3 is 2.11 bits per heavy atom. The first-order valence-corrected chi connectivity index (χ1v) is 16.7. The van der Waals surface area contributed by atoms with Gasteiger partial charge in [0.05, 0.1) is 6.04 Å². The highest BCUT2D eigenvalue weighted by atomic mass is 15.2. The third-order valence-electron chi connectivity index (χ3n) is 10.9. The van der Waals surface area contributed by atoms with Gasteiger partial charge >= 0.3 is 0 Å². The maximum absolute atomic E-state index is 3.68. The molecule has 0 radical (unpaired) electrons. The lowest BCUT2D eigenvalue weighted by Gasteiger charge is -2.29. The van der Waals surface area contributed by atoms with Gasteiger partial charge in [-0.05, 0) is 98.6 Å². The Labute approximate surface area is 275 Å². The van der Waals surface area contributed by atoms with Crippen molar-refractivity contribution in [1.82, 2.24) is 4.98 Å². The first-order chi connectivity index (χ1) is 23.0. The van der Waals surface area contributed by atoms with E-state index < -0.39 is 0 Å². The quantitative estimate of drug-likeness (QED) is 0.213. The van der Waals surface area contributed by atoms with Gasteiger partial charge in [-0.1, -0.05) is 117 Å². The molecule has 2 aliphatic carbocycles. The molecular weight excluding hydrogens is 569 g/mol. The third-order valence-corrected chi connectivity index (χ3v) is 10.9. The molecule has 0 bridgehead atoms. The molecule has 2 heterocycles. The van der Waals surface area contributed by atoms with Crippen molar-refractivity contribution in [2.75, 3.05) is 4.90 Å². The van der Waals surface area contributed by atoms with Crippen molar-refractivity contribution in [3.8, 4) is 22.3 Å². The van der Waals surface area contributed by atoms with Crippen LogP contribution in [0.25, 0.3) is 49.6 Å². The van der Waals surface area contributed by atoms with Crippen LogP contribution in [0.5, 0.6) is 0 Å². The lowest BCUT2D eigenvalue weighted by atomic mass is 9.81. The minimum absolute atomic E-state index is 0.0140. The molecule has 0 amide bonds. The van der Waals surface area contributed by atoms with Crippen LogP contribution in [0.1, 0.15) is 42.0 Å². The number of benzene rings is 6. The second kappa shape index (κ2) is 9.70. The van der Waals surface area contributed by atoms with Gasteiger partial charge in [-0.3, -0.25) is 0 Å². The number of aromatic nitrogens is 1. The smallest absolute Gasteiger partial charge is 0.0630 e. The summed E-state index contributed by atoms with van der Waals surface area (Å²) in [5, 5.41) is 2.53. The zero-order valence-electron chi connectivity index (χ0n) is 26.5. The van der Waals surface area contributed by atoms with Crippen molar-refractivity contribution in [2.24, 2.45) is 0 Å². The number of para-hydroxylation sites is 2. The molecule has 1 aliphatic heterocycles. The number of rotatable bonds is 3. The van der Waals surface area contributed by atoms with Gasteiger partial charge in [-0.25, -0.2) is 0 Å². The molecule has 224 valence electrons. The standard InChI is InChI=1S/C45H34N2/c1-45(2)39-14-8-6-12-33(39)34-20-16-31(27-40(34)45)29-18-22-42-37(25-29)36-24-28(17-21-41(36)46-42)30-19-23-44-38(26-30)35-13-7-9-15-43(35)47(44)32-10-4-3-5-11-32/h3-27,38,44,46H,1-2H3. The number of allylic oxidation sites excluding steroid dienone is 2. The van der Waals surface area contributed by atoms with E-state index in [0.29, 0.717) is 5.92 Å². The fourth-order valence-electron chi connectivity index (χ4n) is 8.57. The number of nitrogens with zero attached hydrogens (tertiary/aromatic N) is 1. The summed E-state index contributed by atoms with van der Waals surface area (Å²) in [4.78, 5) is 6.18. The molecule has 2 atom stereocenters. The van der Waals surface area contributed by atoms with E-state index in [2.05, 4.69) is 175 Å². The average Bonchev–Trinajstić information content (AvgIpc) is 3.73. The zero-order valence-corrected chi connectivity index (χ0v) is 26.5. The molecule has 3 aliphatic rings. The van der Waals surface area contributed by atoms with Crippen LogP contribution >= 0.6 is 0 Å². The van der Waals surface area contributed by atoms with Gasteiger partial charge in [-0.2, -0.15) is 0 Å². The van der Waals surface area contributed by atoms with Crippen molar-refractivity contribution in [2.45, 2.75) is 31.2 Å². The lowest BCUT2D eigenvalue weighted by Crippen LogP contribution is -2.28. The van der Waals surface area contributed by atoms with Crippen molar-refractivity contribution in [1.29, 1.82) is 0 Å². The summed E-state index contributed by atoms with van der Waals surface area (Å²) in [5.41, 5.74) is 16.9. The van der Waals surface area contributed by atoms with Crippen LogP contribution < -0.4 is 4.90 Å². The predicted octanol–water partition coefficient (Wildman–Crippen LogP) is 11.6. The number of aromatic amines is 1. The molecule has 1 aromatic heterocycles. The molecule has 0 saturated carbocycles. The normalized spacial score (nSPS) is 18.6. The summed E-state index contributed by atoms with van der Waals surface area (Å²) in [6.45, 7) is 4.71. The molecule has 2 nitrogen and oxygen atoms in total. The second-order valence-electron chi connectivity index (χ2n) is 13.8. The molecule has 10 rings (SSSR count). The zero-order chi connectivity index (χ0) is 31.3. The SMILES string of the molecule is CC1(C)c2ccccc2-c2ccc(-c3ccc4[nH]c5ccc(C6=CC7c8ccccc8N(c8ccccc8)C7C=C6)cc5c4c3)cc21. The fraction of sp³-hybridized carbons (Fsp3) is 0.111. The Bertz CT molecular complexity index is 2460. The molecule has 2 unspecified atom stereocenters. The molecule has 6 aromatic carbocycles. The summed E-state index contributed by atoms with van der Waals surface area (Å²) < 4.78 is 0. The highest BCUT2D eigenvalue weighted by Crippen LogP contribution is 2.51. The summed E-state index contributed by atoms with van der Waals surface area (Å²) in [6, 6.07) is 49.6. The van der Waals surface area contributed by atoms with Gasteiger partial charge in [-0.15, -0.1) is 0 Å². The summed E-state index contributed by atoms with van der Waals surface area (Å²) in [7, 11) is 0. The molecule has 2 heteroatoms. The topological polar surface area (TPSA) is 19.0 Å². The van der Waals surface area contributed by atoms with E-state index in [1.165, 1.54) is 83.3 Å². The van der Waals surface area contributed by atoms with Crippen LogP contribution in [-0.2, 0) is 5.41 Å². The number of nitrogens with one attached hydrogen (secondary N) is 1. The lowest BCUT2D eigenvalue weighted by molar-refractivity contribution is 0.660. The number of fused-ring (bicyclic) bond motifs is 9. The Kier molecular flexibility index (Phi) is 5.49. The Balaban J connectivity index is 1.04. The van der Waals surface area contributed by atoms with Crippen LogP contribution in [0.3, 0.4) is 0 Å². The van der Waals surface area contributed by atoms with Crippen molar-refractivity contribution in [3.63, 3.8) is 0 Å². The summed E-state index contributed by atoms with van der Waals surface area (Å²) in [6.07, 6.45) is 7.21. The maximum atomic E-state index is 3.68. The average molecular weight is 603 g/mol. The molecule has 0 spiro atoms. The molecule has 0 saturated heterocycles. The van der Waals surface area contributed by atoms with Crippen molar-refractivity contribution >= 4 is 38.8 Å². The Hall–Kier alpha value is -5.60. The Morgan fingerprint density at radius 1 is 0.596 bits per heavy atom. The van der Waals surface area contributed by atoms with Gasteiger partial charge in [0.1, 0.15) is 0 Å². The molecule has 1 N–H and O–H groups in total. The number of hydrogen-bond donors (Lipinski definition) is 1. The first-order valence-electron chi connectivity index (χ1n) is 16.7. The first kappa shape index (κ1) is 26.6. The minimum atomic E-state index is -0.0140. The van der Waals surface area contributed by atoms with Crippen LogP contribution in [0.15, 0.2) is 152 Å². The van der Waals surface area contributed by atoms with Gasteiger partial charge in [0, 0.05) is 44.5 Å². The molecular formula is C45H34N2. The predicted molar refractivity (Wildman–Crippen MR) is 197 cm³/mol. The van der Waals surface area contributed by atoms with Gasteiger partial charge in [0.25, 0.3) is 0 Å². The third kappa shape index (κ3) is 3.85. The van der Waals surface area contributed by atoms with E-state index >= 15 is 0 Å². The van der Waals surface area contributed by atoms with E-state index in [-0.39, 0.29) is 11.5 Å². The highest BCUT2D eigenvalue weighted by Gasteiger charge is 2.38. The van der Waals surface area contributed by atoms with Gasteiger partial charge in [0.2, 0.25) is 0 Å². The summed E-state index contributed by atoms with van der Waals surface area (Å²) >= 11 is 0. The summed E-state index contributed by atoms with van der Waals surface area (Å²) in [5.74, 6) is 0.298. The van der Waals surface area contributed by atoms with Gasteiger partial charge < -0.3 is 9.88 Å². The largest absolute Gasteiger partial charge is 0.355 e. The molecule has 0 fully saturated rings. The van der Waals surface area contributed by atoms with Crippen molar-refractivity contribution < 1.29 is 0 Å². The van der Waals surface area contributed by atoms with Crippen LogP contribution in [0.2, 0.25) is 0 Å². The Morgan fingerprint density at radius 2 is 1.26 bits per heavy atom. The minimum Gasteiger partial charge on any atom is -0.355 e. The molecule has 47 heavy (non-hydrogen) atoms. The molecule has 7 aromatic rings. The van der Waals surface area contributed by atoms with E-state index in [1.54, 1.807) is 0 Å². The number of anilines is 2. The second-order valence-corrected chi connectivity index (χ2v) is 13.8. The van der Waals surface area contributed by atoms with Crippen molar-refractivity contribution in [3.05, 3.63) is 174 Å². The highest BCUT2D eigenvalue weighted by molar-refractivity contribution is 6.09. The maximum Gasteiger partial charge on any atom is 0.0630 e. The van der Waals surface area contributed by atoms with E-state index in [9.17, 15) is 0 Å². The van der Waals surface area contributed by atoms with E-state index in [4.69, 9.17) is 0 Å². The van der Waals surface area contributed by atoms with E-state index in [1.807, 2.05) is 0 Å².